The summed E-state index contributed by atoms with van der Waals surface area (Å²) in [5, 5.41) is 3.05. The molecule has 3 rings (SSSR count). The molecule has 24 heavy (non-hydrogen) atoms. The molecule has 2 aromatic rings. The number of benzene rings is 2. The van der Waals surface area contributed by atoms with Gasteiger partial charge in [0.15, 0.2) is 0 Å². The summed E-state index contributed by atoms with van der Waals surface area (Å²) in [6.45, 7) is 3.93. The maximum Gasteiger partial charge on any atom is 0.251 e. The Morgan fingerprint density at radius 2 is 1.62 bits per heavy atom. The van der Waals surface area contributed by atoms with Gasteiger partial charge in [0.2, 0.25) is 0 Å². The SMILES string of the molecule is O=C(NCc1ccccc1CN1CCCCC1)c1ccc(I)cc1. The van der Waals surface area contributed by atoms with Gasteiger partial charge >= 0.3 is 0 Å². The Morgan fingerprint density at radius 3 is 2.33 bits per heavy atom. The number of nitrogens with zero attached hydrogens (tertiary/aromatic N) is 1. The number of nitrogens with one attached hydrogen (secondary N) is 1. The molecule has 0 saturated carbocycles. The van der Waals surface area contributed by atoms with Crippen molar-refractivity contribution in [3.8, 4) is 0 Å². The Labute approximate surface area is 157 Å². The lowest BCUT2D eigenvalue weighted by Gasteiger charge is -2.27. The molecule has 126 valence electrons. The van der Waals surface area contributed by atoms with Gasteiger partial charge in [0, 0.05) is 22.2 Å². The summed E-state index contributed by atoms with van der Waals surface area (Å²) in [4.78, 5) is 14.8. The first-order valence-corrected chi connectivity index (χ1v) is 9.63. The standard InChI is InChI=1S/C20H23IN2O/c21-19-10-8-16(9-11-19)20(24)22-14-17-6-2-3-7-18(17)15-23-12-4-1-5-13-23/h2-3,6-11H,1,4-5,12-15H2,(H,22,24). The minimum absolute atomic E-state index is 0.0147. The van der Waals surface area contributed by atoms with E-state index in [1.54, 1.807) is 0 Å². The second-order valence-corrected chi connectivity index (χ2v) is 7.54. The summed E-state index contributed by atoms with van der Waals surface area (Å²) in [7, 11) is 0. The lowest BCUT2D eigenvalue weighted by molar-refractivity contribution is 0.0950. The molecule has 1 heterocycles. The van der Waals surface area contributed by atoms with E-state index in [1.165, 1.54) is 43.5 Å². The van der Waals surface area contributed by atoms with Crippen molar-refractivity contribution in [2.45, 2.75) is 32.4 Å². The van der Waals surface area contributed by atoms with Crippen LogP contribution in [0.4, 0.5) is 0 Å². The number of piperidine rings is 1. The van der Waals surface area contributed by atoms with Gasteiger partial charge < -0.3 is 5.32 Å². The lowest BCUT2D eigenvalue weighted by atomic mass is 10.0. The zero-order chi connectivity index (χ0) is 16.8. The molecule has 0 aliphatic carbocycles. The van der Waals surface area contributed by atoms with Crippen LogP contribution in [0.2, 0.25) is 0 Å². The van der Waals surface area contributed by atoms with Gasteiger partial charge in [-0.2, -0.15) is 0 Å². The van der Waals surface area contributed by atoms with Crippen LogP contribution in [0.15, 0.2) is 48.5 Å². The van der Waals surface area contributed by atoms with Gasteiger partial charge in [0.05, 0.1) is 0 Å². The summed E-state index contributed by atoms with van der Waals surface area (Å²) < 4.78 is 1.14. The van der Waals surface area contributed by atoms with Crippen LogP contribution in [0, 0.1) is 3.57 Å². The average molecular weight is 434 g/mol. The fourth-order valence-corrected chi connectivity index (χ4v) is 3.48. The lowest BCUT2D eigenvalue weighted by Crippen LogP contribution is -2.30. The first kappa shape index (κ1) is 17.4. The van der Waals surface area contributed by atoms with Gasteiger partial charge in [-0.05, 0) is 83.9 Å². The monoisotopic (exact) mass is 434 g/mol. The molecular formula is C20H23IN2O. The van der Waals surface area contributed by atoms with E-state index in [1.807, 2.05) is 30.3 Å². The van der Waals surface area contributed by atoms with Crippen LogP contribution in [0.3, 0.4) is 0 Å². The summed E-state index contributed by atoms with van der Waals surface area (Å²) in [5.74, 6) is -0.0147. The molecule has 0 radical (unpaired) electrons. The van der Waals surface area contributed by atoms with E-state index in [0.717, 1.165) is 10.1 Å². The summed E-state index contributed by atoms with van der Waals surface area (Å²) in [5.41, 5.74) is 3.24. The van der Waals surface area contributed by atoms with Gasteiger partial charge in [-0.15, -0.1) is 0 Å². The number of rotatable bonds is 5. The summed E-state index contributed by atoms with van der Waals surface area (Å²) in [6.07, 6.45) is 3.95. The Hall–Kier alpha value is -1.40. The fraction of sp³-hybridized carbons (Fsp3) is 0.350. The molecular weight excluding hydrogens is 411 g/mol. The first-order chi connectivity index (χ1) is 11.7. The van der Waals surface area contributed by atoms with Gasteiger partial charge in [-0.3, -0.25) is 9.69 Å². The molecule has 3 nitrogen and oxygen atoms in total. The topological polar surface area (TPSA) is 32.3 Å². The molecule has 0 bridgehead atoms. The molecule has 4 heteroatoms. The van der Waals surface area contributed by atoms with Crippen molar-refractivity contribution in [3.63, 3.8) is 0 Å². The van der Waals surface area contributed by atoms with Crippen molar-refractivity contribution < 1.29 is 4.79 Å². The molecule has 1 amide bonds. The van der Waals surface area contributed by atoms with Crippen LogP contribution in [0.25, 0.3) is 0 Å². The molecule has 1 aliphatic rings. The van der Waals surface area contributed by atoms with E-state index in [2.05, 4.69) is 51.0 Å². The molecule has 2 aromatic carbocycles. The van der Waals surface area contributed by atoms with Crippen LogP contribution in [-0.2, 0) is 13.1 Å². The van der Waals surface area contributed by atoms with Crippen molar-refractivity contribution in [1.29, 1.82) is 0 Å². The zero-order valence-corrected chi connectivity index (χ0v) is 16.0. The molecule has 0 atom stereocenters. The number of halogens is 1. The van der Waals surface area contributed by atoms with E-state index in [0.29, 0.717) is 12.1 Å². The number of amides is 1. The Morgan fingerprint density at radius 1 is 0.958 bits per heavy atom. The van der Waals surface area contributed by atoms with Crippen molar-refractivity contribution in [2.24, 2.45) is 0 Å². The number of likely N-dealkylation sites (tertiary alicyclic amines) is 1. The van der Waals surface area contributed by atoms with Crippen LogP contribution in [0.1, 0.15) is 40.7 Å². The van der Waals surface area contributed by atoms with Gasteiger partial charge in [-0.1, -0.05) is 30.7 Å². The highest BCUT2D eigenvalue weighted by molar-refractivity contribution is 14.1. The highest BCUT2D eigenvalue weighted by atomic mass is 127. The second kappa shape index (κ2) is 8.62. The van der Waals surface area contributed by atoms with Crippen molar-refractivity contribution >= 4 is 28.5 Å². The number of hydrogen-bond donors (Lipinski definition) is 1. The molecule has 1 saturated heterocycles. The quantitative estimate of drug-likeness (QED) is 0.716. The summed E-state index contributed by atoms with van der Waals surface area (Å²) >= 11 is 2.24. The molecule has 0 aromatic heterocycles. The van der Waals surface area contributed by atoms with Crippen LogP contribution >= 0.6 is 22.6 Å². The maximum absolute atomic E-state index is 12.3. The predicted molar refractivity (Wildman–Crippen MR) is 106 cm³/mol. The minimum Gasteiger partial charge on any atom is -0.348 e. The summed E-state index contributed by atoms with van der Waals surface area (Å²) in [6, 6.07) is 16.1. The van der Waals surface area contributed by atoms with E-state index >= 15 is 0 Å². The highest BCUT2D eigenvalue weighted by Gasteiger charge is 2.13. The van der Waals surface area contributed by atoms with Gasteiger partial charge in [0.25, 0.3) is 5.91 Å². The Kier molecular flexibility index (Phi) is 6.26. The Bertz CT molecular complexity index is 678. The number of carbonyl (C=O) groups excluding carboxylic acids is 1. The normalized spacial score (nSPS) is 15.2. The molecule has 0 spiro atoms. The van der Waals surface area contributed by atoms with Crippen LogP contribution in [-0.4, -0.2) is 23.9 Å². The molecule has 1 fully saturated rings. The highest BCUT2D eigenvalue weighted by Crippen LogP contribution is 2.16. The number of hydrogen-bond acceptors (Lipinski definition) is 2. The van der Waals surface area contributed by atoms with Crippen molar-refractivity contribution in [2.75, 3.05) is 13.1 Å². The zero-order valence-electron chi connectivity index (χ0n) is 13.8. The minimum atomic E-state index is -0.0147. The molecule has 1 N–H and O–H groups in total. The first-order valence-electron chi connectivity index (χ1n) is 8.55. The van der Waals surface area contributed by atoms with E-state index in [4.69, 9.17) is 0 Å². The third-order valence-corrected chi connectivity index (χ3v) is 5.23. The van der Waals surface area contributed by atoms with E-state index in [9.17, 15) is 4.79 Å². The van der Waals surface area contributed by atoms with E-state index in [-0.39, 0.29) is 5.91 Å². The number of carbonyl (C=O) groups is 1. The van der Waals surface area contributed by atoms with Crippen molar-refractivity contribution in [1.82, 2.24) is 10.2 Å². The van der Waals surface area contributed by atoms with Crippen LogP contribution < -0.4 is 5.32 Å². The van der Waals surface area contributed by atoms with Crippen molar-refractivity contribution in [3.05, 3.63) is 68.8 Å². The van der Waals surface area contributed by atoms with Gasteiger partial charge in [-0.25, -0.2) is 0 Å². The molecule has 1 aliphatic heterocycles. The third kappa shape index (κ3) is 4.80. The smallest absolute Gasteiger partial charge is 0.251 e. The molecule has 0 unspecified atom stereocenters. The van der Waals surface area contributed by atoms with Gasteiger partial charge in [0.1, 0.15) is 0 Å². The largest absolute Gasteiger partial charge is 0.348 e. The second-order valence-electron chi connectivity index (χ2n) is 6.30. The predicted octanol–water partition coefficient (Wildman–Crippen LogP) is 4.21. The maximum atomic E-state index is 12.3. The fourth-order valence-electron chi connectivity index (χ4n) is 3.12. The van der Waals surface area contributed by atoms with Crippen LogP contribution in [0.5, 0.6) is 0 Å². The third-order valence-electron chi connectivity index (χ3n) is 4.51. The Balaban J connectivity index is 1.62. The van der Waals surface area contributed by atoms with E-state index < -0.39 is 0 Å². The average Bonchev–Trinajstić information content (AvgIpc) is 2.62.